The highest BCUT2D eigenvalue weighted by Crippen LogP contribution is 2.39. The number of fused-ring (bicyclic) bond motifs is 1. The Kier molecular flexibility index (Phi) is 5.98. The Morgan fingerprint density at radius 1 is 1.17 bits per heavy atom. The summed E-state index contributed by atoms with van der Waals surface area (Å²) < 4.78 is 21.2. The second-order valence-electron chi connectivity index (χ2n) is 8.40. The fraction of sp³-hybridized carbons (Fsp3) is 0.269. The largest absolute Gasteiger partial charge is 0.495 e. The Labute approximate surface area is 202 Å². The van der Waals surface area contributed by atoms with Crippen molar-refractivity contribution in [1.29, 1.82) is 0 Å². The van der Waals surface area contributed by atoms with Gasteiger partial charge in [-0.1, -0.05) is 16.4 Å². The molecule has 0 saturated carbocycles. The van der Waals surface area contributed by atoms with E-state index in [-0.39, 0.29) is 5.82 Å². The smallest absolute Gasteiger partial charge is 0.276 e. The molecular weight excluding hydrogens is 449 g/mol. The molecule has 9 heteroatoms. The molecular formula is C26H26FN5O3. The molecule has 1 fully saturated rings. The molecule has 0 radical (unpaired) electrons. The molecule has 8 nitrogen and oxygen atoms in total. The molecule has 3 heterocycles. The number of amidine groups is 1. The maximum atomic E-state index is 13.6. The minimum Gasteiger partial charge on any atom is -0.495 e. The van der Waals surface area contributed by atoms with Crippen LogP contribution in [0, 0.1) is 12.7 Å². The third kappa shape index (κ3) is 4.14. The Morgan fingerprint density at radius 2 is 2.00 bits per heavy atom. The first-order valence-electron chi connectivity index (χ1n) is 11.3. The minimum atomic E-state index is -1.11. The number of rotatable bonds is 6. The molecule has 2 aromatic carbocycles. The molecule has 180 valence electrons. The predicted molar refractivity (Wildman–Crippen MR) is 131 cm³/mol. The Bertz CT molecular complexity index is 1310. The first-order chi connectivity index (χ1) is 17.0. The lowest BCUT2D eigenvalue weighted by Crippen LogP contribution is -2.50. The van der Waals surface area contributed by atoms with Crippen LogP contribution in [0.2, 0.25) is 0 Å². The summed E-state index contributed by atoms with van der Waals surface area (Å²) in [5.74, 6) is 1.13. The van der Waals surface area contributed by atoms with Crippen molar-refractivity contribution in [1.82, 2.24) is 14.5 Å². The molecule has 1 saturated heterocycles. The van der Waals surface area contributed by atoms with Crippen molar-refractivity contribution in [3.63, 3.8) is 0 Å². The fourth-order valence-corrected chi connectivity index (χ4v) is 4.49. The molecule has 0 spiro atoms. The zero-order valence-electron chi connectivity index (χ0n) is 19.8. The van der Waals surface area contributed by atoms with E-state index in [4.69, 9.17) is 14.4 Å². The molecule has 3 aromatic rings. The van der Waals surface area contributed by atoms with Gasteiger partial charge in [-0.25, -0.2) is 9.37 Å². The van der Waals surface area contributed by atoms with Gasteiger partial charge in [0.15, 0.2) is 5.84 Å². The number of oxime groups is 2. The van der Waals surface area contributed by atoms with E-state index in [0.717, 1.165) is 46.9 Å². The minimum absolute atomic E-state index is 0.325. The standard InChI is InChI=1S/C26H26FN5O3/c1-18-15-31(17-28-18)23-11-6-19(14-24(23)33-2)13-20-5-4-12-32-25(20)30-35-26(32,16-29-34-3)21-7-9-22(27)10-8-21/h6-11,13-17H,4-5,12H2,1-3H3/t26-/m1/s1. The van der Waals surface area contributed by atoms with Crippen LogP contribution in [0.4, 0.5) is 4.39 Å². The van der Waals surface area contributed by atoms with Crippen LogP contribution in [0.5, 0.6) is 5.75 Å². The predicted octanol–water partition coefficient (Wildman–Crippen LogP) is 4.64. The van der Waals surface area contributed by atoms with Crippen LogP contribution in [0.15, 0.2) is 70.9 Å². The normalized spacial score (nSPS) is 20.6. The van der Waals surface area contributed by atoms with Crippen LogP contribution in [0.3, 0.4) is 0 Å². The number of hydrogen-bond donors (Lipinski definition) is 0. The average Bonchev–Trinajstić information content (AvgIpc) is 3.48. The highest BCUT2D eigenvalue weighted by molar-refractivity contribution is 6.05. The van der Waals surface area contributed by atoms with Crippen LogP contribution < -0.4 is 4.74 Å². The van der Waals surface area contributed by atoms with E-state index in [1.165, 1.54) is 19.2 Å². The van der Waals surface area contributed by atoms with E-state index in [1.54, 1.807) is 31.8 Å². The molecule has 0 aliphatic carbocycles. The molecule has 0 bridgehead atoms. The van der Waals surface area contributed by atoms with E-state index in [2.05, 4.69) is 21.4 Å². The van der Waals surface area contributed by atoms with E-state index < -0.39 is 5.72 Å². The molecule has 0 unspecified atom stereocenters. The molecule has 1 aromatic heterocycles. The summed E-state index contributed by atoms with van der Waals surface area (Å²) in [7, 11) is 3.12. The first kappa shape index (κ1) is 22.6. The van der Waals surface area contributed by atoms with Crippen molar-refractivity contribution >= 4 is 18.1 Å². The number of aromatic nitrogens is 2. The number of aryl methyl sites for hydroxylation is 1. The van der Waals surface area contributed by atoms with Crippen LogP contribution in [-0.2, 0) is 15.4 Å². The Morgan fingerprint density at radius 3 is 2.71 bits per heavy atom. The van der Waals surface area contributed by atoms with Gasteiger partial charge in [-0.3, -0.25) is 0 Å². The van der Waals surface area contributed by atoms with Crippen molar-refractivity contribution < 1.29 is 18.8 Å². The lowest BCUT2D eigenvalue weighted by molar-refractivity contribution is -0.0457. The molecule has 0 N–H and O–H groups in total. The van der Waals surface area contributed by atoms with E-state index in [1.807, 2.05) is 40.8 Å². The lowest BCUT2D eigenvalue weighted by atomic mass is 9.95. The van der Waals surface area contributed by atoms with Gasteiger partial charge in [-0.15, -0.1) is 0 Å². The van der Waals surface area contributed by atoms with Crippen molar-refractivity contribution in [3.05, 3.63) is 83.2 Å². The summed E-state index contributed by atoms with van der Waals surface area (Å²) in [6, 6.07) is 12.2. The van der Waals surface area contributed by atoms with Gasteiger partial charge >= 0.3 is 0 Å². The number of imidazole rings is 1. The van der Waals surface area contributed by atoms with Crippen molar-refractivity contribution in [3.8, 4) is 11.4 Å². The molecule has 35 heavy (non-hydrogen) atoms. The lowest BCUT2D eigenvalue weighted by Gasteiger charge is -2.37. The third-order valence-electron chi connectivity index (χ3n) is 6.17. The zero-order valence-corrected chi connectivity index (χ0v) is 19.8. The van der Waals surface area contributed by atoms with Gasteiger partial charge in [0.1, 0.15) is 24.9 Å². The van der Waals surface area contributed by atoms with Crippen LogP contribution >= 0.6 is 0 Å². The summed E-state index contributed by atoms with van der Waals surface area (Å²) in [5, 5.41) is 8.43. The fourth-order valence-electron chi connectivity index (χ4n) is 4.49. The van der Waals surface area contributed by atoms with Gasteiger partial charge in [-0.05, 0) is 73.4 Å². The van der Waals surface area contributed by atoms with Gasteiger partial charge in [-0.2, -0.15) is 0 Å². The maximum Gasteiger partial charge on any atom is 0.276 e. The molecule has 5 rings (SSSR count). The third-order valence-corrected chi connectivity index (χ3v) is 6.17. The van der Waals surface area contributed by atoms with Crippen LogP contribution in [0.25, 0.3) is 11.8 Å². The molecule has 2 aliphatic heterocycles. The SMILES string of the molecule is CON=C[C@]1(c2ccc(F)cc2)ON=C2C(=Cc3ccc(-n4cnc(C)c4)c(OC)c3)CCCN21. The van der Waals surface area contributed by atoms with E-state index in [9.17, 15) is 4.39 Å². The maximum absolute atomic E-state index is 13.6. The highest BCUT2D eigenvalue weighted by Gasteiger charge is 2.49. The van der Waals surface area contributed by atoms with Crippen molar-refractivity contribution in [2.24, 2.45) is 10.3 Å². The zero-order chi connectivity index (χ0) is 24.4. The topological polar surface area (TPSA) is 73.5 Å². The quantitative estimate of drug-likeness (QED) is 0.384. The van der Waals surface area contributed by atoms with Gasteiger partial charge in [0.25, 0.3) is 5.72 Å². The monoisotopic (exact) mass is 475 g/mol. The second-order valence-corrected chi connectivity index (χ2v) is 8.40. The second kappa shape index (κ2) is 9.25. The first-order valence-corrected chi connectivity index (χ1v) is 11.3. The van der Waals surface area contributed by atoms with Crippen LogP contribution in [-0.4, -0.2) is 47.3 Å². The Balaban J connectivity index is 1.49. The van der Waals surface area contributed by atoms with E-state index >= 15 is 0 Å². The summed E-state index contributed by atoms with van der Waals surface area (Å²) in [6.45, 7) is 2.65. The number of ether oxygens (including phenoxy) is 1. The number of halogens is 1. The van der Waals surface area contributed by atoms with E-state index in [0.29, 0.717) is 12.1 Å². The van der Waals surface area contributed by atoms with Crippen molar-refractivity contribution in [2.45, 2.75) is 25.5 Å². The summed E-state index contributed by atoms with van der Waals surface area (Å²) in [4.78, 5) is 17.3. The summed E-state index contributed by atoms with van der Waals surface area (Å²) >= 11 is 0. The molecule has 2 aliphatic rings. The average molecular weight is 476 g/mol. The van der Waals surface area contributed by atoms with Crippen molar-refractivity contribution in [2.75, 3.05) is 20.8 Å². The number of nitrogens with zero attached hydrogens (tertiary/aromatic N) is 5. The summed E-state index contributed by atoms with van der Waals surface area (Å²) in [6.07, 6.45) is 9.10. The summed E-state index contributed by atoms with van der Waals surface area (Å²) in [5.41, 5.74) is 3.45. The number of benzene rings is 2. The Hall–Kier alpha value is -4.14. The number of hydrogen-bond acceptors (Lipinski definition) is 7. The molecule has 0 amide bonds. The number of piperidine rings is 1. The van der Waals surface area contributed by atoms with Gasteiger partial charge < -0.3 is 23.9 Å². The van der Waals surface area contributed by atoms with Crippen LogP contribution in [0.1, 0.15) is 29.7 Å². The van der Waals surface area contributed by atoms with Gasteiger partial charge in [0.2, 0.25) is 0 Å². The molecule has 1 atom stereocenters. The van der Waals surface area contributed by atoms with Gasteiger partial charge in [0.05, 0.1) is 24.8 Å². The number of methoxy groups -OCH3 is 1. The highest BCUT2D eigenvalue weighted by atomic mass is 19.1. The van der Waals surface area contributed by atoms with Gasteiger partial charge in [0, 0.05) is 18.3 Å².